The smallest absolute Gasteiger partial charge is 0.276 e. The Morgan fingerprint density at radius 3 is 2.40 bits per heavy atom. The predicted molar refractivity (Wildman–Crippen MR) is 97.5 cm³/mol. The number of ether oxygens (including phenoxy) is 2. The molecule has 5 nitrogen and oxygen atoms in total. The molecule has 0 saturated carbocycles. The van der Waals surface area contributed by atoms with Crippen molar-refractivity contribution in [3.05, 3.63) is 65.0 Å². The van der Waals surface area contributed by atoms with Crippen LogP contribution in [-0.4, -0.2) is 22.6 Å². The minimum atomic E-state index is 0.217. The second-order valence-corrected chi connectivity index (χ2v) is 6.70. The summed E-state index contributed by atoms with van der Waals surface area (Å²) >= 11 is 7.28. The number of nitrogens with zero attached hydrogens (tertiary/aromatic N) is 2. The molecular formula is C18H17ClN2O3S. The molecule has 0 aliphatic heterocycles. The lowest BCUT2D eigenvalue weighted by molar-refractivity contribution is 0.252. The first-order chi connectivity index (χ1) is 12.2. The van der Waals surface area contributed by atoms with Crippen LogP contribution < -0.4 is 9.47 Å². The van der Waals surface area contributed by atoms with E-state index in [4.69, 9.17) is 25.5 Å². The quantitative estimate of drug-likeness (QED) is 0.416. The maximum absolute atomic E-state index is 5.83. The molecular weight excluding hydrogens is 360 g/mol. The second-order valence-electron chi connectivity index (χ2n) is 5.21. The Morgan fingerprint density at radius 2 is 1.64 bits per heavy atom. The molecule has 0 aliphatic carbocycles. The van der Waals surface area contributed by atoms with Crippen LogP contribution in [0.1, 0.15) is 11.5 Å². The molecule has 0 unspecified atom stereocenters. The molecule has 130 valence electrons. The van der Waals surface area contributed by atoms with E-state index in [1.807, 2.05) is 31.2 Å². The van der Waals surface area contributed by atoms with E-state index >= 15 is 0 Å². The second kappa shape index (κ2) is 8.78. The summed E-state index contributed by atoms with van der Waals surface area (Å²) in [5.74, 6) is 2.70. The first-order valence-corrected chi connectivity index (χ1v) is 9.08. The molecule has 0 spiro atoms. The van der Waals surface area contributed by atoms with Gasteiger partial charge in [-0.25, -0.2) is 0 Å². The zero-order valence-corrected chi connectivity index (χ0v) is 15.2. The highest BCUT2D eigenvalue weighted by Gasteiger charge is 2.07. The Hall–Kier alpha value is -2.18. The molecule has 0 aliphatic rings. The van der Waals surface area contributed by atoms with E-state index in [9.17, 15) is 0 Å². The average Bonchev–Trinajstić information content (AvgIpc) is 3.08. The lowest BCUT2D eigenvalue weighted by Crippen LogP contribution is -1.99. The summed E-state index contributed by atoms with van der Waals surface area (Å²) in [5.41, 5.74) is 1.21. The van der Waals surface area contributed by atoms with Gasteiger partial charge in [-0.05, 0) is 43.3 Å². The molecule has 3 aromatic rings. The van der Waals surface area contributed by atoms with Gasteiger partial charge in [0.05, 0.1) is 6.61 Å². The topological polar surface area (TPSA) is 57.4 Å². The van der Waals surface area contributed by atoms with Crippen molar-refractivity contribution in [3.8, 4) is 11.5 Å². The van der Waals surface area contributed by atoms with Crippen molar-refractivity contribution >= 4 is 23.4 Å². The van der Waals surface area contributed by atoms with E-state index in [1.165, 1.54) is 17.3 Å². The van der Waals surface area contributed by atoms with Gasteiger partial charge in [-0.2, -0.15) is 0 Å². The third-order valence-corrected chi connectivity index (χ3v) is 4.26. The molecule has 1 heterocycles. The summed E-state index contributed by atoms with van der Waals surface area (Å²) in [6.07, 6.45) is 0. The summed E-state index contributed by atoms with van der Waals surface area (Å²) < 4.78 is 16.8. The SMILES string of the molecule is Cc1ccc(OCCSc2nnc(COc3ccc(Cl)cc3)o2)cc1. The van der Waals surface area contributed by atoms with Gasteiger partial charge in [-0.3, -0.25) is 0 Å². The third-order valence-electron chi connectivity index (χ3n) is 3.22. The largest absolute Gasteiger partial charge is 0.493 e. The summed E-state index contributed by atoms with van der Waals surface area (Å²) in [6.45, 7) is 2.82. The van der Waals surface area contributed by atoms with Crippen molar-refractivity contribution in [2.45, 2.75) is 18.8 Å². The van der Waals surface area contributed by atoms with Gasteiger partial charge in [0.25, 0.3) is 11.1 Å². The number of aromatic nitrogens is 2. The Kier molecular flexibility index (Phi) is 6.19. The van der Waals surface area contributed by atoms with Gasteiger partial charge in [0.15, 0.2) is 6.61 Å². The van der Waals surface area contributed by atoms with Gasteiger partial charge in [0.1, 0.15) is 11.5 Å². The molecule has 1 aromatic heterocycles. The summed E-state index contributed by atoms with van der Waals surface area (Å²) in [7, 11) is 0. The van der Waals surface area contributed by atoms with Gasteiger partial charge in [0.2, 0.25) is 0 Å². The van der Waals surface area contributed by atoms with E-state index < -0.39 is 0 Å². The van der Waals surface area contributed by atoms with Crippen LogP contribution in [0.15, 0.2) is 58.2 Å². The molecule has 2 aromatic carbocycles. The summed E-state index contributed by atoms with van der Waals surface area (Å²) in [5, 5.41) is 9.12. The third kappa shape index (κ3) is 5.69. The van der Waals surface area contributed by atoms with E-state index in [2.05, 4.69) is 10.2 Å². The summed E-state index contributed by atoms with van der Waals surface area (Å²) in [6, 6.07) is 15.1. The molecule has 7 heteroatoms. The maximum Gasteiger partial charge on any atom is 0.276 e. The van der Waals surface area contributed by atoms with Crippen molar-refractivity contribution in [2.24, 2.45) is 0 Å². The number of hydrogen-bond donors (Lipinski definition) is 0. The Labute approximate surface area is 155 Å². The van der Waals surface area contributed by atoms with Gasteiger partial charge in [-0.15, -0.1) is 10.2 Å². The fourth-order valence-electron chi connectivity index (χ4n) is 1.95. The van der Waals surface area contributed by atoms with E-state index in [-0.39, 0.29) is 6.61 Å². The molecule has 0 radical (unpaired) electrons. The molecule has 0 N–H and O–H groups in total. The molecule has 3 rings (SSSR count). The van der Waals surface area contributed by atoms with Crippen LogP contribution >= 0.6 is 23.4 Å². The molecule has 0 fully saturated rings. The maximum atomic E-state index is 5.83. The monoisotopic (exact) mass is 376 g/mol. The Morgan fingerprint density at radius 1 is 0.960 bits per heavy atom. The zero-order valence-electron chi connectivity index (χ0n) is 13.6. The van der Waals surface area contributed by atoms with Crippen LogP contribution in [0.4, 0.5) is 0 Å². The minimum Gasteiger partial charge on any atom is -0.493 e. The van der Waals surface area contributed by atoms with Crippen LogP contribution in [0.2, 0.25) is 5.02 Å². The predicted octanol–water partition coefficient (Wildman–Crippen LogP) is 4.78. The first-order valence-electron chi connectivity index (χ1n) is 7.72. The van der Waals surface area contributed by atoms with Crippen molar-refractivity contribution in [2.75, 3.05) is 12.4 Å². The van der Waals surface area contributed by atoms with E-state index in [0.717, 1.165) is 5.75 Å². The minimum absolute atomic E-state index is 0.217. The number of benzene rings is 2. The first kappa shape index (κ1) is 17.6. The van der Waals surface area contributed by atoms with Crippen LogP contribution in [0.25, 0.3) is 0 Å². The Bertz CT molecular complexity index is 791. The van der Waals surface area contributed by atoms with Crippen LogP contribution in [0, 0.1) is 6.92 Å². The number of halogens is 1. The zero-order chi connectivity index (χ0) is 17.5. The highest BCUT2D eigenvalue weighted by molar-refractivity contribution is 7.99. The molecule has 0 bridgehead atoms. The molecule has 25 heavy (non-hydrogen) atoms. The van der Waals surface area contributed by atoms with Crippen molar-refractivity contribution in [1.82, 2.24) is 10.2 Å². The van der Waals surface area contributed by atoms with Crippen molar-refractivity contribution in [3.63, 3.8) is 0 Å². The van der Waals surface area contributed by atoms with E-state index in [0.29, 0.717) is 34.2 Å². The van der Waals surface area contributed by atoms with Crippen LogP contribution in [0.3, 0.4) is 0 Å². The lowest BCUT2D eigenvalue weighted by Gasteiger charge is -2.04. The van der Waals surface area contributed by atoms with Gasteiger partial charge in [-0.1, -0.05) is 41.1 Å². The normalized spacial score (nSPS) is 10.6. The number of aryl methyl sites for hydroxylation is 1. The fourth-order valence-corrected chi connectivity index (χ4v) is 2.67. The molecule has 0 saturated heterocycles. The lowest BCUT2D eigenvalue weighted by atomic mass is 10.2. The van der Waals surface area contributed by atoms with Crippen molar-refractivity contribution < 1.29 is 13.9 Å². The van der Waals surface area contributed by atoms with E-state index in [1.54, 1.807) is 24.3 Å². The standard InChI is InChI=1S/C18H17ClN2O3S/c1-13-2-6-15(7-3-13)22-10-11-25-18-21-20-17(24-18)12-23-16-8-4-14(19)5-9-16/h2-9H,10-12H2,1H3. The number of hydrogen-bond acceptors (Lipinski definition) is 6. The van der Waals surface area contributed by atoms with Gasteiger partial charge in [0, 0.05) is 10.8 Å². The van der Waals surface area contributed by atoms with Crippen molar-refractivity contribution in [1.29, 1.82) is 0 Å². The Balaban J connectivity index is 1.39. The highest BCUT2D eigenvalue weighted by atomic mass is 35.5. The fraction of sp³-hybridized carbons (Fsp3) is 0.222. The van der Waals surface area contributed by atoms with Gasteiger partial charge < -0.3 is 13.9 Å². The van der Waals surface area contributed by atoms with Crippen LogP contribution in [0.5, 0.6) is 11.5 Å². The highest BCUT2D eigenvalue weighted by Crippen LogP contribution is 2.19. The summed E-state index contributed by atoms with van der Waals surface area (Å²) in [4.78, 5) is 0. The molecule has 0 atom stereocenters. The van der Waals surface area contributed by atoms with Crippen LogP contribution in [-0.2, 0) is 6.61 Å². The number of thioether (sulfide) groups is 1. The molecule has 0 amide bonds. The van der Waals surface area contributed by atoms with Gasteiger partial charge >= 0.3 is 0 Å². The number of rotatable bonds is 8. The average molecular weight is 377 g/mol.